The van der Waals surface area contributed by atoms with E-state index in [1.807, 2.05) is 6.07 Å². The fraction of sp³-hybridized carbons (Fsp3) is 0.188. The summed E-state index contributed by atoms with van der Waals surface area (Å²) in [5, 5.41) is 10.2. The number of ether oxygens (including phenoxy) is 1. The average molecular weight is 321 g/mol. The molecule has 0 aromatic heterocycles. The van der Waals surface area contributed by atoms with Crippen LogP contribution in [0.3, 0.4) is 0 Å². The first-order valence-electron chi connectivity index (χ1n) is 6.78. The van der Waals surface area contributed by atoms with E-state index >= 15 is 0 Å². The number of para-hydroxylation sites is 1. The Bertz CT molecular complexity index is 632. The van der Waals surface area contributed by atoms with Crippen LogP contribution in [0.15, 0.2) is 48.5 Å². The third kappa shape index (κ3) is 4.65. The Morgan fingerprint density at radius 1 is 1.23 bits per heavy atom. The van der Waals surface area contributed by atoms with Gasteiger partial charge in [-0.3, -0.25) is 10.2 Å². The quantitative estimate of drug-likeness (QED) is 0.716. The number of aromatic hydroxyl groups is 1. The monoisotopic (exact) mass is 320 g/mol. The van der Waals surface area contributed by atoms with Crippen molar-refractivity contribution in [3.8, 4) is 11.5 Å². The molecule has 2 aromatic rings. The van der Waals surface area contributed by atoms with Crippen LogP contribution in [-0.2, 0) is 11.3 Å². The molecular weight excluding hydrogens is 304 g/mol. The minimum atomic E-state index is -0.668. The van der Waals surface area contributed by atoms with E-state index in [-0.39, 0.29) is 11.7 Å². The first-order valence-corrected chi connectivity index (χ1v) is 7.16. The van der Waals surface area contributed by atoms with E-state index in [0.717, 1.165) is 0 Å². The van der Waals surface area contributed by atoms with Crippen LogP contribution in [0.1, 0.15) is 12.5 Å². The van der Waals surface area contributed by atoms with Gasteiger partial charge in [0.2, 0.25) is 0 Å². The molecule has 116 valence electrons. The highest BCUT2D eigenvalue weighted by Gasteiger charge is 2.14. The first-order chi connectivity index (χ1) is 10.6. The summed E-state index contributed by atoms with van der Waals surface area (Å²) >= 11 is 5.79. The molecular formula is C16H17ClN2O3. The van der Waals surface area contributed by atoms with Crippen LogP contribution in [0.2, 0.25) is 5.02 Å². The van der Waals surface area contributed by atoms with Gasteiger partial charge >= 0.3 is 0 Å². The predicted octanol–water partition coefficient (Wildman–Crippen LogP) is 2.63. The van der Waals surface area contributed by atoms with Crippen molar-refractivity contribution in [3.63, 3.8) is 0 Å². The van der Waals surface area contributed by atoms with Crippen LogP contribution in [0.4, 0.5) is 0 Å². The second kappa shape index (κ2) is 7.68. The lowest BCUT2D eigenvalue weighted by atomic mass is 10.2. The topological polar surface area (TPSA) is 70.6 Å². The number of phenolic OH excluding ortho intramolecular Hbond substituents is 1. The van der Waals surface area contributed by atoms with Gasteiger partial charge in [-0.1, -0.05) is 29.8 Å². The Balaban J connectivity index is 1.79. The lowest BCUT2D eigenvalue weighted by molar-refractivity contribution is -0.128. The normalized spacial score (nSPS) is 11.7. The Kier molecular flexibility index (Phi) is 5.63. The molecule has 0 radical (unpaired) electrons. The molecule has 0 aliphatic carbocycles. The number of hydrogen-bond acceptors (Lipinski definition) is 4. The summed E-state index contributed by atoms with van der Waals surface area (Å²) in [5.74, 6) is 0.424. The molecule has 1 unspecified atom stereocenters. The largest absolute Gasteiger partial charge is 0.508 e. The van der Waals surface area contributed by atoms with Crippen molar-refractivity contribution in [1.82, 2.24) is 10.9 Å². The molecule has 0 saturated heterocycles. The fourth-order valence-corrected chi connectivity index (χ4v) is 1.89. The maximum atomic E-state index is 11.9. The number of rotatable bonds is 6. The van der Waals surface area contributed by atoms with Crippen molar-refractivity contribution < 1.29 is 14.6 Å². The van der Waals surface area contributed by atoms with Crippen molar-refractivity contribution in [2.24, 2.45) is 0 Å². The van der Waals surface area contributed by atoms with Crippen molar-refractivity contribution in [3.05, 3.63) is 59.1 Å². The lowest BCUT2D eigenvalue weighted by Gasteiger charge is -2.15. The highest BCUT2D eigenvalue weighted by molar-refractivity contribution is 6.30. The number of hydrogen-bond donors (Lipinski definition) is 3. The van der Waals surface area contributed by atoms with E-state index in [4.69, 9.17) is 16.3 Å². The Hall–Kier alpha value is -2.24. The molecule has 3 N–H and O–H groups in total. The smallest absolute Gasteiger partial charge is 0.274 e. The summed E-state index contributed by atoms with van der Waals surface area (Å²) in [6.45, 7) is 1.96. The van der Waals surface area contributed by atoms with E-state index in [0.29, 0.717) is 22.9 Å². The second-order valence-corrected chi connectivity index (χ2v) is 5.12. The third-order valence-corrected chi connectivity index (χ3v) is 3.23. The number of amides is 1. The summed E-state index contributed by atoms with van der Waals surface area (Å²) in [6.07, 6.45) is -0.668. The summed E-state index contributed by atoms with van der Waals surface area (Å²) in [7, 11) is 0. The molecule has 0 saturated carbocycles. The van der Waals surface area contributed by atoms with Gasteiger partial charge in [-0.2, -0.15) is 0 Å². The van der Waals surface area contributed by atoms with E-state index in [1.165, 1.54) is 0 Å². The van der Waals surface area contributed by atoms with Crippen LogP contribution in [0, 0.1) is 0 Å². The summed E-state index contributed by atoms with van der Waals surface area (Å²) in [6, 6.07) is 13.7. The summed E-state index contributed by atoms with van der Waals surface area (Å²) in [5.41, 5.74) is 5.99. The highest BCUT2D eigenvalue weighted by atomic mass is 35.5. The second-order valence-electron chi connectivity index (χ2n) is 4.69. The van der Waals surface area contributed by atoms with Crippen LogP contribution in [0.5, 0.6) is 11.5 Å². The maximum Gasteiger partial charge on any atom is 0.274 e. The van der Waals surface area contributed by atoms with E-state index < -0.39 is 6.10 Å². The zero-order valence-electron chi connectivity index (χ0n) is 12.0. The van der Waals surface area contributed by atoms with Gasteiger partial charge in [0, 0.05) is 17.1 Å². The fourth-order valence-electron chi connectivity index (χ4n) is 1.76. The van der Waals surface area contributed by atoms with Crippen molar-refractivity contribution in [2.75, 3.05) is 0 Å². The van der Waals surface area contributed by atoms with Gasteiger partial charge in [-0.05, 0) is 37.3 Å². The Labute approximate surface area is 133 Å². The summed E-state index contributed by atoms with van der Waals surface area (Å²) < 4.78 is 5.50. The number of carbonyl (C=O) groups is 1. The minimum absolute atomic E-state index is 0.176. The molecule has 0 aliphatic heterocycles. The first kappa shape index (κ1) is 16.1. The molecule has 1 amide bonds. The van der Waals surface area contributed by atoms with E-state index in [9.17, 15) is 9.90 Å². The number of nitrogens with one attached hydrogen (secondary N) is 2. The Morgan fingerprint density at radius 3 is 2.59 bits per heavy atom. The highest BCUT2D eigenvalue weighted by Crippen LogP contribution is 2.17. The maximum absolute atomic E-state index is 11.9. The molecule has 0 aliphatic rings. The van der Waals surface area contributed by atoms with Crippen LogP contribution in [0.25, 0.3) is 0 Å². The van der Waals surface area contributed by atoms with E-state index in [1.54, 1.807) is 49.4 Å². The van der Waals surface area contributed by atoms with Crippen molar-refractivity contribution in [1.29, 1.82) is 0 Å². The Morgan fingerprint density at radius 2 is 1.91 bits per heavy atom. The van der Waals surface area contributed by atoms with Gasteiger partial charge in [0.05, 0.1) is 0 Å². The van der Waals surface area contributed by atoms with Crippen molar-refractivity contribution >= 4 is 17.5 Å². The molecule has 0 bridgehead atoms. The molecule has 6 heteroatoms. The van der Waals surface area contributed by atoms with Gasteiger partial charge in [0.15, 0.2) is 6.10 Å². The number of benzene rings is 2. The molecule has 0 fully saturated rings. The van der Waals surface area contributed by atoms with E-state index in [2.05, 4.69) is 10.9 Å². The van der Waals surface area contributed by atoms with Gasteiger partial charge in [0.1, 0.15) is 11.5 Å². The zero-order chi connectivity index (χ0) is 15.9. The standard InChI is InChI=1S/C16H17ClN2O3/c1-11(22-14-8-6-13(17)7-9-14)16(21)19-18-10-12-4-2-3-5-15(12)20/h2-9,11,18,20H,10H2,1H3,(H,19,21). The number of hydrazine groups is 1. The van der Waals surface area contributed by atoms with Crippen LogP contribution in [-0.4, -0.2) is 17.1 Å². The minimum Gasteiger partial charge on any atom is -0.508 e. The van der Waals surface area contributed by atoms with Gasteiger partial charge in [-0.25, -0.2) is 5.43 Å². The van der Waals surface area contributed by atoms with Crippen LogP contribution < -0.4 is 15.6 Å². The molecule has 0 spiro atoms. The van der Waals surface area contributed by atoms with Gasteiger partial charge in [0.25, 0.3) is 5.91 Å². The van der Waals surface area contributed by atoms with Crippen molar-refractivity contribution in [2.45, 2.75) is 19.6 Å². The number of carbonyl (C=O) groups excluding carboxylic acids is 1. The molecule has 0 heterocycles. The molecule has 5 nitrogen and oxygen atoms in total. The number of phenols is 1. The predicted molar refractivity (Wildman–Crippen MR) is 84.6 cm³/mol. The SMILES string of the molecule is CC(Oc1ccc(Cl)cc1)C(=O)NNCc1ccccc1O. The van der Waals surface area contributed by atoms with Gasteiger partial charge < -0.3 is 9.84 Å². The van der Waals surface area contributed by atoms with Gasteiger partial charge in [-0.15, -0.1) is 0 Å². The number of halogens is 1. The molecule has 2 rings (SSSR count). The average Bonchev–Trinajstić information content (AvgIpc) is 2.51. The zero-order valence-corrected chi connectivity index (χ0v) is 12.8. The molecule has 2 aromatic carbocycles. The lowest BCUT2D eigenvalue weighted by Crippen LogP contribution is -2.44. The third-order valence-electron chi connectivity index (χ3n) is 2.98. The van der Waals surface area contributed by atoms with Crippen LogP contribution >= 0.6 is 11.6 Å². The molecule has 22 heavy (non-hydrogen) atoms. The summed E-state index contributed by atoms with van der Waals surface area (Å²) in [4.78, 5) is 11.9. The molecule has 1 atom stereocenters.